The van der Waals surface area contributed by atoms with E-state index in [1.807, 2.05) is 79.7 Å². The smallest absolute Gasteiger partial charge is 0.164 e. The summed E-state index contributed by atoms with van der Waals surface area (Å²) in [6.45, 7) is 45.9. The molecule has 661 valence electrons. The normalized spacial score (nSPS) is 12.4. The van der Waals surface area contributed by atoms with Crippen LogP contribution in [0.3, 0.4) is 0 Å². The van der Waals surface area contributed by atoms with E-state index in [2.05, 4.69) is 288 Å². The van der Waals surface area contributed by atoms with Crippen molar-refractivity contribution in [2.45, 2.75) is 198 Å². The van der Waals surface area contributed by atoms with E-state index >= 15 is 0 Å². The molecule has 4 atom stereocenters. The van der Waals surface area contributed by atoms with Crippen molar-refractivity contribution in [3.8, 4) is 67.2 Å². The average molecular weight is 2200 g/mol. The average Bonchev–Trinajstić information content (AvgIpc) is 0.787. The zero-order chi connectivity index (χ0) is 89.2. The number of Topliss-reactive ketones (excluding diaryl/α,β-unsaturated/α-hetero) is 3. The van der Waals surface area contributed by atoms with E-state index in [1.165, 1.54) is 96.8 Å². The Kier molecular flexibility index (Phi) is 43.0. The van der Waals surface area contributed by atoms with Crippen LogP contribution in [0.4, 0.5) is 0 Å². The van der Waals surface area contributed by atoms with E-state index < -0.39 is 0 Å². The Balaban J connectivity index is 0.000000273. The Morgan fingerprint density at radius 3 is 1.00 bits per heavy atom. The summed E-state index contributed by atoms with van der Waals surface area (Å²) in [6, 6.07) is 90.7. The number of hydrogen-bond donors (Lipinski definition) is 3. The second kappa shape index (κ2) is 51.0. The first-order chi connectivity index (χ1) is 58.1. The van der Waals surface area contributed by atoms with Gasteiger partial charge in [-0.2, -0.15) is 0 Å². The molecule has 0 aliphatic carbocycles. The molecule has 0 fully saturated rings. The number of fused-ring (bicyclic) bond motifs is 3. The van der Waals surface area contributed by atoms with Crippen LogP contribution in [-0.2, 0) is 87.5 Å². The fourth-order valence-corrected chi connectivity index (χ4v) is 14.9. The van der Waals surface area contributed by atoms with Gasteiger partial charge in [0.2, 0.25) is 0 Å². The molecule has 3 radical (unpaired) electrons. The molecule has 0 aliphatic rings. The van der Waals surface area contributed by atoms with Crippen molar-refractivity contribution < 1.29 is 90.0 Å². The molecule has 10 aromatic carbocycles. The van der Waals surface area contributed by atoms with Gasteiger partial charge in [-0.1, -0.05) is 294 Å². The standard InChI is InChI=1S/2C27H26N.C24H20N.2C12H22O2.C11H12O2.3Ir/c2*1-18(2)12-23-17-27(24-14-19(3)13-20(4)15-24)28-26-11-10-22(16-25(23)26)21-8-6-5-7-9-21;1-16-8-10-19(11-9-16)22-15-24(20-13-17(2)12-18(3)14-20)25-23-7-5-4-6-21(22)23;2*1-6-8(3)11(13)10(5)12(14)9(4)7-2;1-8(12)11(9(2)13)10-6-4-3-5-7-10;;;/h2*5-11,13-14,16-18H,12H2,1-4H3;4-13,15H,1-3H3;2*8-9,13H,6-7H2,1-5H3;3-7,12H,1-2H3;;;/q3*-1;;;;;;. The number of nitrogens with zero attached hydrogens (tertiary/aromatic N) is 3. The van der Waals surface area contributed by atoms with E-state index in [0.29, 0.717) is 28.6 Å². The Labute approximate surface area is 787 Å². The van der Waals surface area contributed by atoms with Gasteiger partial charge < -0.3 is 15.3 Å². The molecule has 12 heteroatoms. The maximum atomic E-state index is 11.7. The SMILES string of the molecule is CC(=O)C(=C(C)O)c1ccccc1.CCC(C)C(=O)C(C)=C(O)C(C)CC.CCC(C)C(=O)C(C)=C(O)C(C)CC.Cc1[c-]c(-c2cc(-c3ccc(C)cc3)c3ccccc3n2)cc(C)c1.Cc1[c-]c(-c2cc(CC(C)C)c3cc(-c4ccccc4)ccc3n2)cc(C)c1.Cc1[c-]c(-c2cc(CC(C)C)c3cc(-c4ccccc4)ccc3n2)cc(C)c1.[Ir].[Ir].[Ir]. The Bertz CT molecular complexity index is 5530. The van der Waals surface area contributed by atoms with Crippen molar-refractivity contribution in [2.75, 3.05) is 0 Å². The predicted molar refractivity (Wildman–Crippen MR) is 515 cm³/mol. The molecular formula is C113H128Ir3N3O6-3. The largest absolute Gasteiger partial charge is 0.512 e. The summed E-state index contributed by atoms with van der Waals surface area (Å²) in [5.41, 5.74) is 30.1. The van der Waals surface area contributed by atoms with E-state index in [0.717, 1.165) is 111 Å². The minimum atomic E-state index is -0.119. The summed E-state index contributed by atoms with van der Waals surface area (Å²) in [5.74, 6) is 1.99. The number of carbonyl (C=O) groups excluding carboxylic acids is 3. The minimum absolute atomic E-state index is 0. The van der Waals surface area contributed by atoms with Crippen LogP contribution >= 0.6 is 0 Å². The number of aliphatic hydroxyl groups excluding tert-OH is 3. The number of aromatic nitrogens is 3. The van der Waals surface area contributed by atoms with Gasteiger partial charge in [-0.05, 0) is 182 Å². The second-order valence-electron chi connectivity index (χ2n) is 33.8. The molecule has 13 rings (SSSR count). The van der Waals surface area contributed by atoms with Gasteiger partial charge in [-0.25, -0.2) is 0 Å². The van der Waals surface area contributed by atoms with Gasteiger partial charge in [0, 0.05) is 111 Å². The summed E-state index contributed by atoms with van der Waals surface area (Å²) < 4.78 is 0. The second-order valence-corrected chi connectivity index (χ2v) is 33.8. The topological polar surface area (TPSA) is 151 Å². The van der Waals surface area contributed by atoms with Crippen LogP contribution in [0.2, 0.25) is 0 Å². The number of hydrogen-bond acceptors (Lipinski definition) is 9. The molecule has 13 aromatic rings. The van der Waals surface area contributed by atoms with Crippen molar-refractivity contribution in [3.63, 3.8) is 0 Å². The molecule has 3 heterocycles. The van der Waals surface area contributed by atoms with Gasteiger partial charge in [-0.3, -0.25) is 29.3 Å². The molecule has 3 N–H and O–H groups in total. The molecule has 0 spiro atoms. The Morgan fingerprint density at radius 2 is 0.664 bits per heavy atom. The molecule has 0 aliphatic heterocycles. The number of rotatable bonds is 22. The number of carbonyl (C=O) groups is 3. The van der Waals surface area contributed by atoms with E-state index in [1.54, 1.807) is 26.0 Å². The van der Waals surface area contributed by atoms with Gasteiger partial charge in [0.15, 0.2) is 17.3 Å². The third kappa shape index (κ3) is 30.4. The predicted octanol–water partition coefficient (Wildman–Crippen LogP) is 30.2. The summed E-state index contributed by atoms with van der Waals surface area (Å²) >= 11 is 0. The quantitative estimate of drug-likeness (QED) is 0.0342. The van der Waals surface area contributed by atoms with Gasteiger partial charge >= 0.3 is 0 Å². The number of allylic oxidation sites excluding steroid dienone is 6. The number of benzene rings is 10. The Morgan fingerprint density at radius 1 is 0.336 bits per heavy atom. The van der Waals surface area contributed by atoms with Crippen molar-refractivity contribution in [1.29, 1.82) is 0 Å². The zero-order valence-corrected chi connectivity index (χ0v) is 84.7. The number of para-hydroxylation sites is 1. The van der Waals surface area contributed by atoms with Crippen LogP contribution in [0, 0.1) is 102 Å². The van der Waals surface area contributed by atoms with Gasteiger partial charge in [0.05, 0.1) is 22.1 Å². The van der Waals surface area contributed by atoms with E-state index in [9.17, 15) is 29.7 Å². The molecule has 0 saturated carbocycles. The number of aryl methyl sites for hydroxylation is 7. The minimum Gasteiger partial charge on any atom is -0.512 e. The first-order valence-electron chi connectivity index (χ1n) is 43.4. The van der Waals surface area contributed by atoms with Gasteiger partial charge in [0.1, 0.15) is 17.3 Å². The van der Waals surface area contributed by atoms with Crippen molar-refractivity contribution in [3.05, 3.63) is 333 Å². The number of ketones is 3. The molecule has 125 heavy (non-hydrogen) atoms. The molecule has 0 amide bonds. The van der Waals surface area contributed by atoms with Crippen LogP contribution in [0.25, 0.3) is 105 Å². The molecule has 3 aromatic heterocycles. The number of aliphatic hydroxyl groups is 3. The summed E-state index contributed by atoms with van der Waals surface area (Å²) in [4.78, 5) is 49.5. The van der Waals surface area contributed by atoms with Crippen molar-refractivity contribution in [2.24, 2.45) is 35.5 Å². The van der Waals surface area contributed by atoms with Crippen LogP contribution < -0.4 is 0 Å². The molecular weight excluding hydrogens is 2070 g/mol. The Hall–Kier alpha value is -9.99. The third-order valence-electron chi connectivity index (χ3n) is 22.2. The number of pyridine rings is 3. The first-order valence-corrected chi connectivity index (χ1v) is 43.4. The van der Waals surface area contributed by atoms with Crippen LogP contribution in [0.5, 0.6) is 0 Å². The van der Waals surface area contributed by atoms with Gasteiger partial charge in [0.25, 0.3) is 0 Å². The maximum absolute atomic E-state index is 11.7. The summed E-state index contributed by atoms with van der Waals surface area (Å²) in [6.07, 6.45) is 5.44. The molecule has 0 saturated heterocycles. The fourth-order valence-electron chi connectivity index (χ4n) is 14.9. The fraction of sp³-hybridized carbons (Fsp3) is 0.310. The van der Waals surface area contributed by atoms with E-state index in [-0.39, 0.29) is 119 Å². The third-order valence-corrected chi connectivity index (χ3v) is 22.2. The zero-order valence-electron chi connectivity index (χ0n) is 77.6. The maximum Gasteiger partial charge on any atom is 0.164 e. The summed E-state index contributed by atoms with van der Waals surface area (Å²) in [7, 11) is 0. The van der Waals surface area contributed by atoms with Gasteiger partial charge in [-0.15, -0.1) is 105 Å². The monoisotopic (exact) mass is 2200 g/mol. The van der Waals surface area contributed by atoms with Crippen molar-refractivity contribution >= 4 is 55.6 Å². The van der Waals surface area contributed by atoms with Crippen LogP contribution in [0.1, 0.15) is 192 Å². The molecule has 9 nitrogen and oxygen atoms in total. The first kappa shape index (κ1) is 106. The molecule has 0 bridgehead atoms. The van der Waals surface area contributed by atoms with Crippen LogP contribution in [-0.4, -0.2) is 47.6 Å². The van der Waals surface area contributed by atoms with Crippen LogP contribution in [0.15, 0.2) is 259 Å². The summed E-state index contributed by atoms with van der Waals surface area (Å²) in [5, 5.41) is 32.5. The molecule has 4 unspecified atom stereocenters. The van der Waals surface area contributed by atoms with E-state index in [4.69, 9.17) is 15.0 Å². The van der Waals surface area contributed by atoms with Crippen molar-refractivity contribution in [1.82, 2.24) is 15.0 Å².